The zero-order valence-corrected chi connectivity index (χ0v) is 13.2. The highest BCUT2D eigenvalue weighted by Crippen LogP contribution is 2.30. The summed E-state index contributed by atoms with van der Waals surface area (Å²) in [6, 6.07) is 9.41. The maximum atomic E-state index is 4.55. The Morgan fingerprint density at radius 2 is 2.00 bits per heavy atom. The predicted molar refractivity (Wildman–Crippen MR) is 88.9 cm³/mol. The van der Waals surface area contributed by atoms with Crippen LogP contribution in [0.25, 0.3) is 11.3 Å². The number of aromatic nitrogens is 1. The molecule has 2 aliphatic heterocycles. The van der Waals surface area contributed by atoms with Gasteiger partial charge in [0, 0.05) is 35.8 Å². The standard InChI is InChI=1S/C17H21N3S/c1-12-18-17(11-21-12)13-2-4-15(5-3-13)19-16-7-9-20-8-6-14(16)10-20/h2-5,11,14,16,19H,6-10H2,1H3. The van der Waals surface area contributed by atoms with Crippen LogP contribution in [0.5, 0.6) is 0 Å². The molecule has 0 saturated carbocycles. The van der Waals surface area contributed by atoms with Gasteiger partial charge in [-0.3, -0.25) is 0 Å². The highest BCUT2D eigenvalue weighted by molar-refractivity contribution is 7.09. The van der Waals surface area contributed by atoms with Gasteiger partial charge in [0.2, 0.25) is 0 Å². The molecule has 2 saturated heterocycles. The molecule has 3 unspecified atom stereocenters. The van der Waals surface area contributed by atoms with Crippen molar-refractivity contribution >= 4 is 17.0 Å². The fraction of sp³-hybridized carbons (Fsp3) is 0.471. The van der Waals surface area contributed by atoms with Crippen molar-refractivity contribution in [2.75, 3.05) is 25.0 Å². The topological polar surface area (TPSA) is 28.2 Å². The number of benzene rings is 1. The van der Waals surface area contributed by atoms with E-state index in [9.17, 15) is 0 Å². The molecule has 4 rings (SSSR count). The van der Waals surface area contributed by atoms with E-state index >= 15 is 0 Å². The molecule has 1 N–H and O–H groups in total. The third-order valence-electron chi connectivity index (χ3n) is 4.79. The van der Waals surface area contributed by atoms with Crippen molar-refractivity contribution in [3.05, 3.63) is 34.7 Å². The molecule has 1 aromatic carbocycles. The third kappa shape index (κ3) is 2.70. The Morgan fingerprint density at radius 3 is 2.76 bits per heavy atom. The molecule has 110 valence electrons. The van der Waals surface area contributed by atoms with E-state index in [2.05, 4.69) is 51.8 Å². The molecule has 0 radical (unpaired) electrons. The van der Waals surface area contributed by atoms with Crippen LogP contribution in [0.2, 0.25) is 0 Å². The van der Waals surface area contributed by atoms with Gasteiger partial charge >= 0.3 is 0 Å². The minimum absolute atomic E-state index is 0.649. The smallest absolute Gasteiger partial charge is 0.0901 e. The molecule has 0 aliphatic carbocycles. The number of rotatable bonds is 3. The van der Waals surface area contributed by atoms with Crippen molar-refractivity contribution in [2.45, 2.75) is 25.8 Å². The van der Waals surface area contributed by atoms with Gasteiger partial charge in [-0.2, -0.15) is 0 Å². The molecule has 2 fully saturated rings. The number of piperidine rings is 1. The molecule has 2 aliphatic rings. The van der Waals surface area contributed by atoms with E-state index in [1.54, 1.807) is 11.3 Å². The van der Waals surface area contributed by atoms with Crippen molar-refractivity contribution < 1.29 is 0 Å². The van der Waals surface area contributed by atoms with Gasteiger partial charge in [0.25, 0.3) is 0 Å². The molecule has 0 amide bonds. The lowest BCUT2D eigenvalue weighted by Crippen LogP contribution is -2.39. The first kappa shape index (κ1) is 13.3. The van der Waals surface area contributed by atoms with E-state index in [1.165, 1.54) is 43.7 Å². The second-order valence-electron chi connectivity index (χ2n) is 6.22. The largest absolute Gasteiger partial charge is 0.382 e. The molecular weight excluding hydrogens is 278 g/mol. The van der Waals surface area contributed by atoms with E-state index in [1.807, 2.05) is 0 Å². The average molecular weight is 299 g/mol. The van der Waals surface area contributed by atoms with Crippen LogP contribution in [-0.2, 0) is 0 Å². The Balaban J connectivity index is 1.46. The minimum Gasteiger partial charge on any atom is -0.382 e. The maximum Gasteiger partial charge on any atom is 0.0901 e. The second kappa shape index (κ2) is 5.43. The quantitative estimate of drug-likeness (QED) is 0.938. The van der Waals surface area contributed by atoms with Crippen molar-refractivity contribution in [3.63, 3.8) is 0 Å². The summed E-state index contributed by atoms with van der Waals surface area (Å²) in [5.41, 5.74) is 3.55. The van der Waals surface area contributed by atoms with Gasteiger partial charge in [-0.15, -0.1) is 11.3 Å². The van der Waals surface area contributed by atoms with Crippen LogP contribution in [0, 0.1) is 12.8 Å². The van der Waals surface area contributed by atoms with Crippen molar-refractivity contribution in [1.82, 2.24) is 9.88 Å². The van der Waals surface area contributed by atoms with Crippen molar-refractivity contribution in [2.24, 2.45) is 5.92 Å². The first-order valence-corrected chi connectivity index (χ1v) is 8.67. The van der Waals surface area contributed by atoms with Gasteiger partial charge < -0.3 is 10.2 Å². The molecule has 3 atom stereocenters. The SMILES string of the molecule is Cc1nc(-c2ccc(NC3CCN4CCC3C4)cc2)cs1. The van der Waals surface area contributed by atoms with E-state index in [-0.39, 0.29) is 0 Å². The Hall–Kier alpha value is -1.39. The summed E-state index contributed by atoms with van der Waals surface area (Å²) >= 11 is 1.71. The van der Waals surface area contributed by atoms with Crippen molar-refractivity contribution in [3.8, 4) is 11.3 Å². The lowest BCUT2D eigenvalue weighted by Gasteiger charge is -2.31. The van der Waals surface area contributed by atoms with Gasteiger partial charge in [0.05, 0.1) is 10.7 Å². The normalized spacial score (nSPS) is 27.8. The maximum absolute atomic E-state index is 4.55. The molecule has 4 heteroatoms. The number of aryl methyl sites for hydroxylation is 1. The van der Waals surface area contributed by atoms with Crippen LogP contribution in [0.15, 0.2) is 29.6 Å². The summed E-state index contributed by atoms with van der Waals surface area (Å²) in [6.07, 6.45) is 2.63. The number of fused-ring (bicyclic) bond motifs is 2. The number of nitrogens with zero attached hydrogens (tertiary/aromatic N) is 2. The molecular formula is C17H21N3S. The van der Waals surface area contributed by atoms with E-state index in [0.717, 1.165) is 16.6 Å². The Kier molecular flexibility index (Phi) is 3.43. The van der Waals surface area contributed by atoms with Crippen LogP contribution in [0.3, 0.4) is 0 Å². The zero-order chi connectivity index (χ0) is 14.2. The minimum atomic E-state index is 0.649. The highest BCUT2D eigenvalue weighted by atomic mass is 32.1. The molecule has 2 aromatic rings. The molecule has 21 heavy (non-hydrogen) atoms. The first-order valence-electron chi connectivity index (χ1n) is 7.79. The number of anilines is 1. The summed E-state index contributed by atoms with van der Waals surface area (Å²) in [4.78, 5) is 7.14. The summed E-state index contributed by atoms with van der Waals surface area (Å²) in [7, 11) is 0. The fourth-order valence-corrected chi connectivity index (χ4v) is 4.21. The molecule has 0 spiro atoms. The van der Waals surface area contributed by atoms with E-state index < -0.39 is 0 Å². The van der Waals surface area contributed by atoms with Crippen molar-refractivity contribution in [1.29, 1.82) is 0 Å². The average Bonchev–Trinajstić information content (AvgIpc) is 3.10. The second-order valence-corrected chi connectivity index (χ2v) is 7.28. The van der Waals surface area contributed by atoms with Crippen LogP contribution >= 0.6 is 11.3 Å². The summed E-state index contributed by atoms with van der Waals surface area (Å²) in [5, 5.41) is 7.00. The Morgan fingerprint density at radius 1 is 1.19 bits per heavy atom. The summed E-state index contributed by atoms with van der Waals surface area (Å²) in [6.45, 7) is 5.89. The predicted octanol–water partition coefficient (Wildman–Crippen LogP) is 3.62. The number of hydrogen-bond donors (Lipinski definition) is 1. The van der Waals surface area contributed by atoms with Gasteiger partial charge in [-0.05, 0) is 44.4 Å². The van der Waals surface area contributed by atoms with E-state index in [0.29, 0.717) is 6.04 Å². The summed E-state index contributed by atoms with van der Waals surface area (Å²) < 4.78 is 0. The summed E-state index contributed by atoms with van der Waals surface area (Å²) in [5.74, 6) is 0.833. The van der Waals surface area contributed by atoms with Gasteiger partial charge in [0.1, 0.15) is 0 Å². The molecule has 3 heterocycles. The zero-order valence-electron chi connectivity index (χ0n) is 12.4. The fourth-order valence-electron chi connectivity index (χ4n) is 3.59. The lowest BCUT2D eigenvalue weighted by atomic mass is 9.94. The molecule has 2 bridgehead atoms. The number of hydrogen-bond acceptors (Lipinski definition) is 4. The first-order chi connectivity index (χ1) is 10.3. The number of thiazole rings is 1. The van der Waals surface area contributed by atoms with E-state index in [4.69, 9.17) is 0 Å². The Bertz CT molecular complexity index is 619. The van der Waals surface area contributed by atoms with Crippen LogP contribution in [0.4, 0.5) is 5.69 Å². The van der Waals surface area contributed by atoms with Gasteiger partial charge in [-0.25, -0.2) is 4.98 Å². The molecule has 3 nitrogen and oxygen atoms in total. The lowest BCUT2D eigenvalue weighted by molar-refractivity contribution is 0.255. The number of nitrogens with one attached hydrogen (secondary N) is 1. The Labute approximate surface area is 130 Å². The van der Waals surface area contributed by atoms with Crippen LogP contribution in [0.1, 0.15) is 17.8 Å². The molecule has 1 aromatic heterocycles. The third-order valence-corrected chi connectivity index (χ3v) is 5.56. The van der Waals surface area contributed by atoms with Crippen LogP contribution < -0.4 is 5.32 Å². The van der Waals surface area contributed by atoms with Gasteiger partial charge in [0.15, 0.2) is 0 Å². The van der Waals surface area contributed by atoms with Crippen LogP contribution in [-0.4, -0.2) is 35.6 Å². The monoisotopic (exact) mass is 299 g/mol. The van der Waals surface area contributed by atoms with Gasteiger partial charge in [-0.1, -0.05) is 12.1 Å². The highest BCUT2D eigenvalue weighted by Gasteiger charge is 2.33.